The van der Waals surface area contributed by atoms with Crippen LogP contribution in [-0.2, 0) is 18.4 Å². The second-order valence-corrected chi connectivity index (χ2v) is 7.72. The molecule has 0 radical (unpaired) electrons. The Bertz CT molecular complexity index is 325. The first-order valence-electron chi connectivity index (χ1n) is 6.13. The predicted octanol–water partition coefficient (Wildman–Crippen LogP) is 3.61. The van der Waals surface area contributed by atoms with E-state index in [2.05, 4.69) is 13.8 Å². The molecule has 0 atom stereocenters. The van der Waals surface area contributed by atoms with Gasteiger partial charge in [0.05, 0.1) is 13.2 Å². The van der Waals surface area contributed by atoms with E-state index in [1.165, 1.54) is 0 Å². The van der Waals surface area contributed by atoms with E-state index in [4.69, 9.17) is 9.05 Å². The largest absolute Gasteiger partial charge is 0.397 e. The molecule has 1 fully saturated rings. The summed E-state index contributed by atoms with van der Waals surface area (Å²) >= 11 is 0. The van der Waals surface area contributed by atoms with Crippen LogP contribution < -0.4 is 0 Å². The summed E-state index contributed by atoms with van der Waals surface area (Å²) < 4.78 is 23.0. The Morgan fingerprint density at radius 3 is 1.88 bits per heavy atom. The zero-order valence-electron chi connectivity index (χ0n) is 11.4. The maximum atomic E-state index is 12.3. The maximum absolute atomic E-state index is 12.3. The van der Waals surface area contributed by atoms with Gasteiger partial charge in [-0.05, 0) is 12.8 Å². The summed E-state index contributed by atoms with van der Waals surface area (Å²) in [7, 11) is -3.57. The third-order valence-electron chi connectivity index (χ3n) is 3.47. The van der Waals surface area contributed by atoms with Crippen LogP contribution in [0.4, 0.5) is 0 Å². The summed E-state index contributed by atoms with van der Waals surface area (Å²) in [6, 6.07) is 0. The Kier molecular flexibility index (Phi) is 4.23. The molecule has 1 aliphatic heterocycles. The van der Waals surface area contributed by atoms with Crippen LogP contribution in [0, 0.1) is 10.8 Å². The summed E-state index contributed by atoms with van der Waals surface area (Å²) in [6.07, 6.45) is 1.79. The monoisotopic (exact) mass is 262 g/mol. The average Bonchev–Trinajstić information content (AvgIpc) is 2.29. The lowest BCUT2D eigenvalue weighted by Crippen LogP contribution is -2.37. The van der Waals surface area contributed by atoms with E-state index < -0.39 is 18.5 Å². The van der Waals surface area contributed by atoms with Gasteiger partial charge in [0.15, 0.2) is 0 Å². The molecule has 1 saturated heterocycles. The fourth-order valence-electron chi connectivity index (χ4n) is 1.71. The van der Waals surface area contributed by atoms with E-state index in [0.717, 1.165) is 12.8 Å². The molecule has 1 heterocycles. The minimum Gasteiger partial charge on any atom is -0.303 e. The summed E-state index contributed by atoms with van der Waals surface area (Å²) in [5.74, 6) is 0. The van der Waals surface area contributed by atoms with Gasteiger partial charge < -0.3 is 9.05 Å². The first-order chi connectivity index (χ1) is 7.69. The highest BCUT2D eigenvalue weighted by molar-refractivity contribution is 7.72. The van der Waals surface area contributed by atoms with Crippen molar-refractivity contribution in [2.75, 3.05) is 13.2 Å². The van der Waals surface area contributed by atoms with E-state index in [0.29, 0.717) is 13.2 Å². The van der Waals surface area contributed by atoms with E-state index in [1.54, 1.807) is 20.8 Å². The minimum atomic E-state index is -3.57. The van der Waals surface area contributed by atoms with Crippen LogP contribution in [0.25, 0.3) is 0 Å². The summed E-state index contributed by atoms with van der Waals surface area (Å²) in [6.45, 7) is 9.98. The first-order valence-corrected chi connectivity index (χ1v) is 7.67. The molecule has 0 saturated carbocycles. The van der Waals surface area contributed by atoms with Gasteiger partial charge in [-0.3, -0.25) is 9.36 Å². The van der Waals surface area contributed by atoms with Crippen LogP contribution in [0.2, 0.25) is 0 Å². The number of rotatable bonds is 3. The smallest absolute Gasteiger partial charge is 0.303 e. The number of hydrogen-bond acceptors (Lipinski definition) is 4. The molecular weight excluding hydrogens is 239 g/mol. The van der Waals surface area contributed by atoms with E-state index in [9.17, 15) is 9.36 Å². The molecule has 0 amide bonds. The van der Waals surface area contributed by atoms with Crippen LogP contribution >= 0.6 is 7.60 Å². The van der Waals surface area contributed by atoms with E-state index in [-0.39, 0.29) is 5.41 Å². The van der Waals surface area contributed by atoms with Crippen LogP contribution in [-0.4, -0.2) is 18.7 Å². The van der Waals surface area contributed by atoms with E-state index in [1.807, 2.05) is 0 Å². The van der Waals surface area contributed by atoms with Crippen molar-refractivity contribution in [1.82, 2.24) is 0 Å². The normalized spacial score (nSPS) is 23.4. The van der Waals surface area contributed by atoms with Gasteiger partial charge in [-0.25, -0.2) is 0 Å². The maximum Gasteiger partial charge on any atom is 0.397 e. The lowest BCUT2D eigenvalue weighted by atomic mass is 9.84. The fourth-order valence-corrected chi connectivity index (χ4v) is 3.73. The highest BCUT2D eigenvalue weighted by Crippen LogP contribution is 2.58. The molecule has 17 heavy (non-hydrogen) atoms. The molecule has 0 bridgehead atoms. The van der Waals surface area contributed by atoms with Crippen molar-refractivity contribution < 1.29 is 18.4 Å². The molecule has 0 spiro atoms. The first kappa shape index (κ1) is 14.9. The topological polar surface area (TPSA) is 52.6 Å². The SMILES string of the molecule is CCC1(CC)COP(=O)(C(=O)C(C)(C)C)OC1. The molecule has 0 aromatic rings. The number of hydrogen-bond donors (Lipinski definition) is 0. The van der Waals surface area contributed by atoms with Crippen molar-refractivity contribution in [3.05, 3.63) is 0 Å². The minimum absolute atomic E-state index is 0.0912. The summed E-state index contributed by atoms with van der Waals surface area (Å²) in [5, 5.41) is 0. The summed E-state index contributed by atoms with van der Waals surface area (Å²) in [5.41, 5.74) is -1.22. The molecule has 0 aliphatic carbocycles. The van der Waals surface area contributed by atoms with Crippen molar-refractivity contribution in [2.24, 2.45) is 10.8 Å². The highest BCUT2D eigenvalue weighted by Gasteiger charge is 2.48. The predicted molar refractivity (Wildman–Crippen MR) is 67.0 cm³/mol. The van der Waals surface area contributed by atoms with Crippen molar-refractivity contribution in [3.8, 4) is 0 Å². The molecule has 0 aromatic heterocycles. The molecule has 1 rings (SSSR count). The van der Waals surface area contributed by atoms with Crippen LogP contribution in [0.3, 0.4) is 0 Å². The van der Waals surface area contributed by atoms with Crippen molar-refractivity contribution in [2.45, 2.75) is 47.5 Å². The van der Waals surface area contributed by atoms with Crippen LogP contribution in [0.1, 0.15) is 47.5 Å². The fraction of sp³-hybridized carbons (Fsp3) is 0.917. The Morgan fingerprint density at radius 2 is 1.59 bits per heavy atom. The van der Waals surface area contributed by atoms with Gasteiger partial charge in [0.25, 0.3) is 0 Å². The zero-order valence-corrected chi connectivity index (χ0v) is 12.3. The van der Waals surface area contributed by atoms with Gasteiger partial charge in [-0.2, -0.15) is 0 Å². The summed E-state index contributed by atoms with van der Waals surface area (Å²) in [4.78, 5) is 12.0. The third kappa shape index (κ3) is 2.98. The van der Waals surface area contributed by atoms with Crippen molar-refractivity contribution >= 4 is 13.1 Å². The van der Waals surface area contributed by atoms with Crippen molar-refractivity contribution in [3.63, 3.8) is 0 Å². The van der Waals surface area contributed by atoms with Crippen LogP contribution in [0.15, 0.2) is 0 Å². The van der Waals surface area contributed by atoms with Crippen LogP contribution in [0.5, 0.6) is 0 Å². The Balaban J connectivity index is 2.81. The van der Waals surface area contributed by atoms with Gasteiger partial charge in [-0.15, -0.1) is 0 Å². The number of carbonyl (C=O) groups excluding carboxylic acids is 1. The molecular formula is C12H23O4P. The number of carbonyl (C=O) groups is 1. The molecule has 0 unspecified atom stereocenters. The molecule has 0 N–H and O–H groups in total. The molecule has 0 aromatic carbocycles. The van der Waals surface area contributed by atoms with Gasteiger partial charge in [-0.1, -0.05) is 34.6 Å². The molecule has 100 valence electrons. The highest BCUT2D eigenvalue weighted by atomic mass is 31.2. The Labute approximate surface area is 104 Å². The van der Waals surface area contributed by atoms with Gasteiger partial charge in [0, 0.05) is 10.8 Å². The van der Waals surface area contributed by atoms with Gasteiger partial charge >= 0.3 is 7.60 Å². The molecule has 4 nitrogen and oxygen atoms in total. The van der Waals surface area contributed by atoms with Gasteiger partial charge in [0.1, 0.15) is 0 Å². The lowest BCUT2D eigenvalue weighted by Gasteiger charge is -2.38. The Hall–Kier alpha value is -0.180. The third-order valence-corrected chi connectivity index (χ3v) is 5.58. The average molecular weight is 262 g/mol. The zero-order chi connectivity index (χ0) is 13.3. The molecule has 1 aliphatic rings. The Morgan fingerprint density at radius 1 is 1.18 bits per heavy atom. The molecule has 5 heteroatoms. The second kappa shape index (κ2) is 4.83. The quantitative estimate of drug-likeness (QED) is 0.729. The van der Waals surface area contributed by atoms with E-state index >= 15 is 0 Å². The second-order valence-electron chi connectivity index (χ2n) is 5.81. The van der Waals surface area contributed by atoms with Gasteiger partial charge in [0.2, 0.25) is 5.52 Å². The van der Waals surface area contributed by atoms with Crippen molar-refractivity contribution in [1.29, 1.82) is 0 Å². The standard InChI is InChI=1S/C12H23O4P/c1-6-12(7-2)8-15-17(14,16-9-12)10(13)11(3,4)5/h6-9H2,1-5H3. The lowest BCUT2D eigenvalue weighted by molar-refractivity contribution is -0.122.